The molecule has 1 saturated heterocycles. The Bertz CT molecular complexity index is 824. The van der Waals surface area contributed by atoms with Crippen LogP contribution < -0.4 is 5.56 Å². The number of nitrogens with zero attached hydrogens (tertiary/aromatic N) is 2. The molecule has 1 unspecified atom stereocenters. The van der Waals surface area contributed by atoms with Crippen LogP contribution in [-0.2, 0) is 11.3 Å². The van der Waals surface area contributed by atoms with Crippen molar-refractivity contribution in [2.24, 2.45) is 0 Å². The van der Waals surface area contributed by atoms with E-state index in [1.807, 2.05) is 31.2 Å². The number of hydrogen-bond acceptors (Lipinski definition) is 3. The monoisotopic (exact) mass is 308 g/mol. The number of aryl methyl sites for hydroxylation is 2. The van der Waals surface area contributed by atoms with Gasteiger partial charge < -0.3 is 9.30 Å². The predicted octanol–water partition coefficient (Wildman–Crippen LogP) is 3.18. The van der Waals surface area contributed by atoms with E-state index in [-0.39, 0.29) is 17.2 Å². The highest BCUT2D eigenvalue weighted by Crippen LogP contribution is 2.25. The molecule has 0 amide bonds. The number of pyridine rings is 1. The molecule has 0 radical (unpaired) electrons. The highest BCUT2D eigenvalue weighted by Gasteiger charge is 2.20. The van der Waals surface area contributed by atoms with E-state index in [4.69, 9.17) is 10.00 Å². The standard InChI is InChI=1S/C19H20N2O2/c1-13-5-7-17(14(2)10-13)18-8-6-15(11-20)19(22)21(18)12-16-4-3-9-23-16/h5-8,10,16H,3-4,9,12H2,1-2H3. The Balaban J connectivity index is 2.13. The van der Waals surface area contributed by atoms with Crippen molar-refractivity contribution in [1.29, 1.82) is 5.26 Å². The molecule has 3 rings (SSSR count). The Morgan fingerprint density at radius 1 is 1.30 bits per heavy atom. The first kappa shape index (κ1) is 15.5. The normalized spacial score (nSPS) is 17.2. The van der Waals surface area contributed by atoms with E-state index in [2.05, 4.69) is 13.0 Å². The SMILES string of the molecule is Cc1ccc(-c2ccc(C#N)c(=O)n2CC2CCCO2)c(C)c1. The van der Waals surface area contributed by atoms with Crippen LogP contribution in [0.2, 0.25) is 0 Å². The van der Waals surface area contributed by atoms with Crippen LogP contribution in [0.1, 0.15) is 29.5 Å². The van der Waals surface area contributed by atoms with Gasteiger partial charge in [0.05, 0.1) is 18.3 Å². The fourth-order valence-electron chi connectivity index (χ4n) is 3.17. The maximum Gasteiger partial charge on any atom is 0.269 e. The van der Waals surface area contributed by atoms with E-state index in [1.54, 1.807) is 10.6 Å². The molecule has 1 atom stereocenters. The van der Waals surface area contributed by atoms with E-state index in [0.29, 0.717) is 6.54 Å². The lowest BCUT2D eigenvalue weighted by molar-refractivity contribution is 0.0965. The number of nitriles is 1. The summed E-state index contributed by atoms with van der Waals surface area (Å²) >= 11 is 0. The lowest BCUT2D eigenvalue weighted by atomic mass is 10.0. The third kappa shape index (κ3) is 3.06. The van der Waals surface area contributed by atoms with E-state index in [9.17, 15) is 4.79 Å². The van der Waals surface area contributed by atoms with Crippen LogP contribution in [0.4, 0.5) is 0 Å². The molecule has 0 N–H and O–H groups in total. The molecule has 2 heterocycles. The molecule has 0 saturated carbocycles. The van der Waals surface area contributed by atoms with Crippen LogP contribution in [-0.4, -0.2) is 17.3 Å². The van der Waals surface area contributed by atoms with Gasteiger partial charge in [0.25, 0.3) is 5.56 Å². The van der Waals surface area contributed by atoms with E-state index in [0.717, 1.165) is 36.3 Å². The fraction of sp³-hybridized carbons (Fsp3) is 0.368. The fourth-order valence-corrected chi connectivity index (χ4v) is 3.17. The lowest BCUT2D eigenvalue weighted by Gasteiger charge is -2.18. The second kappa shape index (κ2) is 6.39. The quantitative estimate of drug-likeness (QED) is 0.875. The molecule has 0 bridgehead atoms. The molecule has 1 aliphatic rings. The molecule has 2 aromatic rings. The zero-order valence-corrected chi connectivity index (χ0v) is 13.5. The predicted molar refractivity (Wildman–Crippen MR) is 89.3 cm³/mol. The number of rotatable bonds is 3. The molecule has 1 aromatic heterocycles. The van der Waals surface area contributed by atoms with Crippen LogP contribution in [0.25, 0.3) is 11.3 Å². The van der Waals surface area contributed by atoms with Crippen molar-refractivity contribution in [3.63, 3.8) is 0 Å². The van der Waals surface area contributed by atoms with E-state index in [1.165, 1.54) is 5.56 Å². The maximum atomic E-state index is 12.6. The van der Waals surface area contributed by atoms with Gasteiger partial charge in [-0.05, 0) is 44.4 Å². The Kier molecular flexibility index (Phi) is 4.31. The number of ether oxygens (including phenoxy) is 1. The largest absolute Gasteiger partial charge is 0.376 e. The Morgan fingerprint density at radius 2 is 2.13 bits per heavy atom. The van der Waals surface area contributed by atoms with Crippen LogP contribution in [0, 0.1) is 25.2 Å². The minimum absolute atomic E-state index is 0.0474. The molecule has 4 nitrogen and oxygen atoms in total. The molecule has 0 spiro atoms. The van der Waals surface area contributed by atoms with E-state index < -0.39 is 0 Å². The Morgan fingerprint density at radius 3 is 2.78 bits per heavy atom. The minimum atomic E-state index is -0.236. The molecule has 23 heavy (non-hydrogen) atoms. The van der Waals surface area contributed by atoms with Gasteiger partial charge in [0, 0.05) is 12.2 Å². The van der Waals surface area contributed by atoms with Crippen LogP contribution in [0.3, 0.4) is 0 Å². The zero-order valence-electron chi connectivity index (χ0n) is 13.5. The molecule has 1 aromatic carbocycles. The molecule has 118 valence electrons. The average molecular weight is 308 g/mol. The first-order valence-electron chi connectivity index (χ1n) is 7.93. The van der Waals surface area contributed by atoms with Gasteiger partial charge in [-0.15, -0.1) is 0 Å². The first-order valence-corrected chi connectivity index (χ1v) is 7.93. The summed E-state index contributed by atoms with van der Waals surface area (Å²) in [7, 11) is 0. The summed E-state index contributed by atoms with van der Waals surface area (Å²) in [6.45, 7) is 5.34. The first-order chi connectivity index (χ1) is 11.1. The van der Waals surface area contributed by atoms with Crippen molar-refractivity contribution in [2.75, 3.05) is 6.61 Å². The minimum Gasteiger partial charge on any atom is -0.376 e. The van der Waals surface area contributed by atoms with Crippen molar-refractivity contribution in [3.8, 4) is 17.3 Å². The van der Waals surface area contributed by atoms with Gasteiger partial charge in [0.15, 0.2) is 0 Å². The maximum absolute atomic E-state index is 12.6. The molecular weight excluding hydrogens is 288 g/mol. The van der Waals surface area contributed by atoms with Crippen LogP contribution in [0.5, 0.6) is 0 Å². The van der Waals surface area contributed by atoms with Crippen molar-refractivity contribution in [3.05, 3.63) is 57.4 Å². The van der Waals surface area contributed by atoms with Gasteiger partial charge >= 0.3 is 0 Å². The van der Waals surface area contributed by atoms with Gasteiger partial charge in [-0.3, -0.25) is 4.79 Å². The van der Waals surface area contributed by atoms with Gasteiger partial charge in [-0.25, -0.2) is 0 Å². The number of aromatic nitrogens is 1. The molecule has 1 fully saturated rings. The summed E-state index contributed by atoms with van der Waals surface area (Å²) in [5.74, 6) is 0. The van der Waals surface area contributed by atoms with Gasteiger partial charge in [0.1, 0.15) is 11.6 Å². The van der Waals surface area contributed by atoms with Gasteiger partial charge in [-0.1, -0.05) is 23.8 Å². The summed E-state index contributed by atoms with van der Waals surface area (Å²) in [5, 5.41) is 9.16. The second-order valence-corrected chi connectivity index (χ2v) is 6.11. The summed E-state index contributed by atoms with van der Waals surface area (Å²) in [6, 6.07) is 11.7. The lowest BCUT2D eigenvalue weighted by Crippen LogP contribution is -2.29. The molecule has 0 aliphatic carbocycles. The smallest absolute Gasteiger partial charge is 0.269 e. The highest BCUT2D eigenvalue weighted by molar-refractivity contribution is 5.65. The third-order valence-electron chi connectivity index (χ3n) is 4.36. The second-order valence-electron chi connectivity index (χ2n) is 6.11. The van der Waals surface area contributed by atoms with Gasteiger partial charge in [-0.2, -0.15) is 5.26 Å². The number of hydrogen-bond donors (Lipinski definition) is 0. The Hall–Kier alpha value is -2.38. The Labute approximate surface area is 135 Å². The van der Waals surface area contributed by atoms with Crippen molar-refractivity contribution in [2.45, 2.75) is 39.3 Å². The van der Waals surface area contributed by atoms with Crippen molar-refractivity contribution < 1.29 is 4.74 Å². The average Bonchev–Trinajstić information content (AvgIpc) is 3.03. The number of benzene rings is 1. The highest BCUT2D eigenvalue weighted by atomic mass is 16.5. The summed E-state index contributed by atoms with van der Waals surface area (Å²) in [5.41, 5.74) is 4.12. The van der Waals surface area contributed by atoms with Crippen molar-refractivity contribution >= 4 is 0 Å². The van der Waals surface area contributed by atoms with Crippen LogP contribution in [0.15, 0.2) is 35.1 Å². The van der Waals surface area contributed by atoms with Crippen LogP contribution >= 0.6 is 0 Å². The third-order valence-corrected chi connectivity index (χ3v) is 4.36. The molecule has 1 aliphatic heterocycles. The molecular formula is C19H20N2O2. The molecule has 4 heteroatoms. The summed E-state index contributed by atoms with van der Waals surface area (Å²) in [6.07, 6.45) is 2.03. The zero-order chi connectivity index (χ0) is 16.4. The summed E-state index contributed by atoms with van der Waals surface area (Å²) in [4.78, 5) is 12.6. The summed E-state index contributed by atoms with van der Waals surface area (Å²) < 4.78 is 7.38. The van der Waals surface area contributed by atoms with Crippen molar-refractivity contribution in [1.82, 2.24) is 4.57 Å². The van der Waals surface area contributed by atoms with Gasteiger partial charge in [0.2, 0.25) is 0 Å². The topological polar surface area (TPSA) is 55.0 Å². The van der Waals surface area contributed by atoms with E-state index >= 15 is 0 Å².